The summed E-state index contributed by atoms with van der Waals surface area (Å²) in [6, 6.07) is 4.92. The number of nitrogens with zero attached hydrogens (tertiary/aromatic N) is 1. The van der Waals surface area contributed by atoms with Crippen molar-refractivity contribution in [2.75, 3.05) is 6.54 Å². The summed E-state index contributed by atoms with van der Waals surface area (Å²) in [6.07, 6.45) is 3.78. The van der Waals surface area contributed by atoms with E-state index in [2.05, 4.69) is 11.6 Å². The minimum absolute atomic E-state index is 0.125. The largest absolute Gasteiger partial charge is 0.331 e. The number of hydrogen-bond donors (Lipinski definition) is 1. The Morgan fingerprint density at radius 1 is 1.56 bits per heavy atom. The van der Waals surface area contributed by atoms with Crippen LogP contribution >= 0.6 is 0 Å². The molecule has 84 valence electrons. The van der Waals surface area contributed by atoms with Gasteiger partial charge in [-0.3, -0.25) is 9.59 Å². The molecule has 1 aliphatic carbocycles. The highest BCUT2D eigenvalue weighted by atomic mass is 16.2. The predicted octanol–water partition coefficient (Wildman–Crippen LogP) is 1.17. The van der Waals surface area contributed by atoms with Gasteiger partial charge in [-0.05, 0) is 18.9 Å². The zero-order valence-corrected chi connectivity index (χ0v) is 8.98. The van der Waals surface area contributed by atoms with Crippen molar-refractivity contribution in [3.05, 3.63) is 46.9 Å². The first-order chi connectivity index (χ1) is 7.72. The van der Waals surface area contributed by atoms with Gasteiger partial charge < -0.3 is 9.88 Å². The lowest BCUT2D eigenvalue weighted by atomic mass is 10.3. The molecule has 0 aromatic carbocycles. The molecule has 0 unspecified atom stereocenters. The fourth-order valence-electron chi connectivity index (χ4n) is 1.65. The van der Waals surface area contributed by atoms with E-state index in [9.17, 15) is 9.59 Å². The molecule has 1 saturated carbocycles. The Kier molecular flexibility index (Phi) is 2.90. The number of rotatable bonds is 4. The second kappa shape index (κ2) is 4.35. The first kappa shape index (κ1) is 10.7. The number of hydrogen-bond acceptors (Lipinski definition) is 2. The molecule has 1 aromatic rings. The lowest BCUT2D eigenvalue weighted by molar-refractivity contribution is 0.0756. The quantitative estimate of drug-likeness (QED) is 0.771. The molecule has 2 rings (SSSR count). The third-order valence-electron chi connectivity index (χ3n) is 2.57. The zero-order chi connectivity index (χ0) is 11.5. The maximum absolute atomic E-state index is 12.1. The molecule has 0 aliphatic heterocycles. The molecule has 1 aromatic heterocycles. The van der Waals surface area contributed by atoms with Crippen molar-refractivity contribution in [3.63, 3.8) is 0 Å². The maximum atomic E-state index is 12.1. The van der Waals surface area contributed by atoms with Gasteiger partial charge >= 0.3 is 0 Å². The molecule has 0 radical (unpaired) electrons. The molecule has 0 saturated heterocycles. The normalized spacial score (nSPS) is 14.5. The summed E-state index contributed by atoms with van der Waals surface area (Å²) in [5.41, 5.74) is 0.0986. The Hall–Kier alpha value is -1.84. The maximum Gasteiger partial charge on any atom is 0.270 e. The second-order valence-electron chi connectivity index (χ2n) is 3.91. The fraction of sp³-hybridized carbons (Fsp3) is 0.333. The molecular formula is C12H14N2O2. The van der Waals surface area contributed by atoms with Crippen molar-refractivity contribution >= 4 is 5.91 Å². The van der Waals surface area contributed by atoms with Crippen LogP contribution in [-0.2, 0) is 0 Å². The topological polar surface area (TPSA) is 53.2 Å². The molecule has 1 N–H and O–H groups in total. The van der Waals surface area contributed by atoms with Gasteiger partial charge in [0.2, 0.25) is 5.56 Å². The highest BCUT2D eigenvalue weighted by Gasteiger charge is 2.32. The standard InChI is InChI=1S/C12H14N2O2/c1-2-8-14(9-6-7-9)12(16)10-4-3-5-11(15)13-10/h2-5,9H,1,6-8H2,(H,13,15). The van der Waals surface area contributed by atoms with Crippen LogP contribution in [0.3, 0.4) is 0 Å². The number of carbonyl (C=O) groups is 1. The van der Waals surface area contributed by atoms with E-state index in [0.717, 1.165) is 12.8 Å². The molecule has 16 heavy (non-hydrogen) atoms. The van der Waals surface area contributed by atoms with Crippen LogP contribution in [0, 0.1) is 0 Å². The molecule has 0 bridgehead atoms. The van der Waals surface area contributed by atoms with E-state index in [0.29, 0.717) is 18.3 Å². The van der Waals surface area contributed by atoms with Crippen LogP contribution in [0.2, 0.25) is 0 Å². The van der Waals surface area contributed by atoms with Gasteiger partial charge in [-0.25, -0.2) is 0 Å². The van der Waals surface area contributed by atoms with Crippen molar-refractivity contribution < 1.29 is 4.79 Å². The van der Waals surface area contributed by atoms with Crippen LogP contribution in [0.1, 0.15) is 23.3 Å². The van der Waals surface area contributed by atoms with E-state index in [4.69, 9.17) is 0 Å². The molecule has 4 heteroatoms. The fourth-order valence-corrected chi connectivity index (χ4v) is 1.65. The summed E-state index contributed by atoms with van der Waals surface area (Å²) in [6.45, 7) is 4.17. The highest BCUT2D eigenvalue weighted by molar-refractivity contribution is 5.92. The number of nitrogens with one attached hydrogen (secondary N) is 1. The van der Waals surface area contributed by atoms with E-state index in [-0.39, 0.29) is 11.5 Å². The van der Waals surface area contributed by atoms with Gasteiger partial charge in [0, 0.05) is 18.7 Å². The first-order valence-corrected chi connectivity index (χ1v) is 5.33. The average Bonchev–Trinajstić information content (AvgIpc) is 3.09. The first-order valence-electron chi connectivity index (χ1n) is 5.33. The Bertz CT molecular complexity index is 460. The number of aromatic amines is 1. The van der Waals surface area contributed by atoms with Gasteiger partial charge in [-0.2, -0.15) is 0 Å². The molecule has 0 spiro atoms. The van der Waals surface area contributed by atoms with Crippen LogP contribution < -0.4 is 5.56 Å². The van der Waals surface area contributed by atoms with Crippen LogP contribution in [0.15, 0.2) is 35.6 Å². The number of H-pyrrole nitrogens is 1. The van der Waals surface area contributed by atoms with Crippen LogP contribution in [-0.4, -0.2) is 28.4 Å². The monoisotopic (exact) mass is 218 g/mol. The molecule has 1 amide bonds. The number of aromatic nitrogens is 1. The van der Waals surface area contributed by atoms with E-state index in [1.165, 1.54) is 6.07 Å². The summed E-state index contributed by atoms with van der Waals surface area (Å²) >= 11 is 0. The summed E-state index contributed by atoms with van der Waals surface area (Å²) in [7, 11) is 0. The summed E-state index contributed by atoms with van der Waals surface area (Å²) in [4.78, 5) is 27.5. The summed E-state index contributed by atoms with van der Waals surface area (Å²) in [5, 5.41) is 0. The molecule has 4 nitrogen and oxygen atoms in total. The number of pyridine rings is 1. The summed E-state index contributed by atoms with van der Waals surface area (Å²) in [5.74, 6) is -0.125. The minimum atomic E-state index is -0.250. The van der Waals surface area contributed by atoms with Crippen molar-refractivity contribution in [2.45, 2.75) is 18.9 Å². The van der Waals surface area contributed by atoms with Gasteiger partial charge in [0.15, 0.2) is 0 Å². The van der Waals surface area contributed by atoms with Crippen molar-refractivity contribution in [3.8, 4) is 0 Å². The Balaban J connectivity index is 2.21. The summed E-state index contributed by atoms with van der Waals surface area (Å²) < 4.78 is 0. The van der Waals surface area contributed by atoms with Crippen LogP contribution in [0.25, 0.3) is 0 Å². The molecule has 0 atom stereocenters. The predicted molar refractivity (Wildman–Crippen MR) is 61.3 cm³/mol. The highest BCUT2D eigenvalue weighted by Crippen LogP contribution is 2.27. The Labute approximate surface area is 93.6 Å². The third-order valence-corrected chi connectivity index (χ3v) is 2.57. The zero-order valence-electron chi connectivity index (χ0n) is 8.98. The van der Waals surface area contributed by atoms with E-state index in [1.54, 1.807) is 23.1 Å². The molecule has 1 fully saturated rings. The van der Waals surface area contributed by atoms with Gasteiger partial charge in [-0.1, -0.05) is 12.1 Å². The van der Waals surface area contributed by atoms with E-state index in [1.807, 2.05) is 0 Å². The van der Waals surface area contributed by atoms with Crippen LogP contribution in [0.4, 0.5) is 0 Å². The van der Waals surface area contributed by atoms with E-state index >= 15 is 0 Å². The molecule has 1 aliphatic rings. The smallest absolute Gasteiger partial charge is 0.270 e. The van der Waals surface area contributed by atoms with Gasteiger partial charge in [-0.15, -0.1) is 6.58 Å². The number of carbonyl (C=O) groups excluding carboxylic acids is 1. The van der Waals surface area contributed by atoms with Crippen molar-refractivity contribution in [2.24, 2.45) is 0 Å². The van der Waals surface area contributed by atoms with Gasteiger partial charge in [0.1, 0.15) is 5.69 Å². The SMILES string of the molecule is C=CCN(C(=O)c1cccc(=O)[nH]1)C1CC1. The Morgan fingerprint density at radius 3 is 2.88 bits per heavy atom. The average molecular weight is 218 g/mol. The van der Waals surface area contributed by atoms with Crippen molar-refractivity contribution in [1.29, 1.82) is 0 Å². The number of amides is 1. The Morgan fingerprint density at radius 2 is 2.31 bits per heavy atom. The van der Waals surface area contributed by atoms with E-state index < -0.39 is 0 Å². The molecular weight excluding hydrogens is 204 g/mol. The molecule has 1 heterocycles. The van der Waals surface area contributed by atoms with Crippen LogP contribution in [0.5, 0.6) is 0 Å². The van der Waals surface area contributed by atoms with Gasteiger partial charge in [0.25, 0.3) is 5.91 Å². The van der Waals surface area contributed by atoms with Gasteiger partial charge in [0.05, 0.1) is 0 Å². The second-order valence-corrected chi connectivity index (χ2v) is 3.91. The van der Waals surface area contributed by atoms with Crippen molar-refractivity contribution in [1.82, 2.24) is 9.88 Å². The third kappa shape index (κ3) is 2.21. The lowest BCUT2D eigenvalue weighted by Gasteiger charge is -2.20. The lowest BCUT2D eigenvalue weighted by Crippen LogP contribution is -2.34. The minimum Gasteiger partial charge on any atom is -0.331 e.